The van der Waals surface area contributed by atoms with Crippen LogP contribution in [-0.4, -0.2) is 53.7 Å². The lowest BCUT2D eigenvalue weighted by molar-refractivity contribution is -0.167. The number of carbonyl (C=O) groups excluding carboxylic acids is 1. The molecule has 1 amide bonds. The Labute approximate surface area is 172 Å². The van der Waals surface area contributed by atoms with E-state index in [1.54, 1.807) is 24.4 Å². The summed E-state index contributed by atoms with van der Waals surface area (Å²) in [5.41, 5.74) is 7.26. The van der Waals surface area contributed by atoms with Crippen molar-refractivity contribution >= 4 is 11.6 Å². The quantitative estimate of drug-likeness (QED) is 0.741. The zero-order chi connectivity index (χ0) is 21.1. The van der Waals surface area contributed by atoms with E-state index in [0.29, 0.717) is 18.6 Å². The molecule has 2 aliphatic heterocycles. The van der Waals surface area contributed by atoms with E-state index < -0.39 is 0 Å². The molecule has 158 valence electrons. The summed E-state index contributed by atoms with van der Waals surface area (Å²) in [5, 5.41) is 2.97. The van der Waals surface area contributed by atoms with Crippen LogP contribution in [0.25, 0.3) is 0 Å². The van der Waals surface area contributed by atoms with Crippen molar-refractivity contribution in [2.45, 2.75) is 37.9 Å². The number of anilines is 1. The molecule has 0 saturated carbocycles. The molecule has 6 nitrogen and oxygen atoms in total. The molecule has 1 aromatic rings. The molecular weight excluding hydrogens is 371 g/mol. The maximum atomic E-state index is 11.5. The fourth-order valence-corrected chi connectivity index (χ4v) is 3.38. The Hall–Kier alpha value is -2.51. The van der Waals surface area contributed by atoms with E-state index in [1.807, 2.05) is 19.1 Å². The summed E-state index contributed by atoms with van der Waals surface area (Å²) < 4.78 is 17.0. The number of rotatable bonds is 5. The highest BCUT2D eigenvalue weighted by atomic mass is 19.1. The lowest BCUT2D eigenvalue weighted by Gasteiger charge is -2.45. The van der Waals surface area contributed by atoms with Gasteiger partial charge in [-0.1, -0.05) is 24.8 Å². The molecule has 2 aliphatic rings. The SMILES string of the molecule is C=C/C=C\C=C\F.CC1OC2(CCN(CCc3ccc(N)cn3)CC2)CNC1=O. The lowest BCUT2D eigenvalue weighted by Crippen LogP contribution is -2.60. The minimum Gasteiger partial charge on any atom is -0.397 e. The number of allylic oxidation sites excluding steroid dienone is 4. The van der Waals surface area contributed by atoms with Crippen molar-refractivity contribution in [2.24, 2.45) is 0 Å². The third kappa shape index (κ3) is 7.44. The van der Waals surface area contributed by atoms with E-state index >= 15 is 0 Å². The molecular formula is C22H31FN4O2. The first kappa shape index (κ1) is 22.8. The van der Waals surface area contributed by atoms with Crippen molar-refractivity contribution in [1.82, 2.24) is 15.2 Å². The van der Waals surface area contributed by atoms with E-state index in [1.165, 1.54) is 6.08 Å². The smallest absolute Gasteiger partial charge is 0.248 e. The van der Waals surface area contributed by atoms with Crippen LogP contribution in [-0.2, 0) is 16.0 Å². The van der Waals surface area contributed by atoms with E-state index in [2.05, 4.69) is 21.8 Å². The van der Waals surface area contributed by atoms with Crippen molar-refractivity contribution < 1.29 is 13.9 Å². The van der Waals surface area contributed by atoms with E-state index in [9.17, 15) is 9.18 Å². The topological polar surface area (TPSA) is 80.5 Å². The van der Waals surface area contributed by atoms with Crippen molar-refractivity contribution in [1.29, 1.82) is 0 Å². The summed E-state index contributed by atoms with van der Waals surface area (Å²) in [5.74, 6) is 0.00230. The second-order valence-electron chi connectivity index (χ2n) is 7.27. The van der Waals surface area contributed by atoms with Gasteiger partial charge in [-0.25, -0.2) is 4.39 Å². The molecule has 0 aromatic carbocycles. The summed E-state index contributed by atoms with van der Waals surface area (Å²) in [4.78, 5) is 18.3. The van der Waals surface area contributed by atoms with Gasteiger partial charge in [0.2, 0.25) is 5.91 Å². The number of nitrogens with two attached hydrogens (primary N) is 1. The van der Waals surface area contributed by atoms with Crippen LogP contribution >= 0.6 is 0 Å². The van der Waals surface area contributed by atoms with Gasteiger partial charge in [-0.15, -0.1) is 0 Å². The Bertz CT molecular complexity index is 710. The number of hydrogen-bond acceptors (Lipinski definition) is 5. The van der Waals surface area contributed by atoms with E-state index in [-0.39, 0.29) is 17.6 Å². The van der Waals surface area contributed by atoms with Gasteiger partial charge in [0.25, 0.3) is 0 Å². The zero-order valence-electron chi connectivity index (χ0n) is 17.0. The van der Waals surface area contributed by atoms with Crippen molar-refractivity contribution in [3.05, 3.63) is 61.2 Å². The van der Waals surface area contributed by atoms with Crippen molar-refractivity contribution in [3.63, 3.8) is 0 Å². The standard InChI is InChI=1S/C16H24N4O2.C6H7F/c1-12-15(21)19-11-16(22-12)5-8-20(9-6-16)7-4-14-3-2-13(17)10-18-14;1-2-3-4-5-6-7/h2-3,10,12H,4-9,11,17H2,1H3,(H,19,21);2-6H,1H2/b;4-3-,6-5+. The largest absolute Gasteiger partial charge is 0.397 e. The average Bonchev–Trinajstić information content (AvgIpc) is 2.73. The van der Waals surface area contributed by atoms with E-state index in [0.717, 1.165) is 44.6 Å². The predicted octanol–water partition coefficient (Wildman–Crippen LogP) is 2.79. The number of hydrogen-bond donors (Lipinski definition) is 2. The van der Waals surface area contributed by atoms with Gasteiger partial charge >= 0.3 is 0 Å². The van der Waals surface area contributed by atoms with Gasteiger partial charge in [0.05, 0.1) is 23.8 Å². The third-order valence-electron chi connectivity index (χ3n) is 5.11. The number of morpholine rings is 1. The molecule has 1 atom stereocenters. The molecule has 1 aromatic heterocycles. The van der Waals surface area contributed by atoms with Crippen molar-refractivity contribution in [2.75, 3.05) is 31.9 Å². The Morgan fingerprint density at radius 1 is 1.38 bits per heavy atom. The fraction of sp³-hybridized carbons (Fsp3) is 0.455. The van der Waals surface area contributed by atoms with Crippen LogP contribution in [0.15, 0.2) is 55.5 Å². The van der Waals surface area contributed by atoms with Crippen LogP contribution < -0.4 is 11.1 Å². The van der Waals surface area contributed by atoms with Gasteiger partial charge in [-0.2, -0.15) is 0 Å². The van der Waals surface area contributed by atoms with E-state index in [4.69, 9.17) is 10.5 Å². The second-order valence-corrected chi connectivity index (χ2v) is 7.27. The molecule has 0 aliphatic carbocycles. The first-order valence-corrected chi connectivity index (χ1v) is 9.91. The Morgan fingerprint density at radius 2 is 2.14 bits per heavy atom. The number of nitrogens with one attached hydrogen (secondary N) is 1. The Balaban J connectivity index is 0.000000370. The highest BCUT2D eigenvalue weighted by Gasteiger charge is 2.41. The molecule has 3 rings (SSSR count). The number of piperidine rings is 1. The number of nitrogens with zero attached hydrogens (tertiary/aromatic N) is 2. The first-order chi connectivity index (χ1) is 14.0. The van der Waals surface area contributed by atoms with Gasteiger partial charge in [-0.3, -0.25) is 9.78 Å². The van der Waals surface area contributed by atoms with Gasteiger partial charge in [0.15, 0.2) is 0 Å². The molecule has 1 spiro atoms. The molecule has 2 fully saturated rings. The molecule has 0 bridgehead atoms. The average molecular weight is 403 g/mol. The van der Waals surface area contributed by atoms with Gasteiger partial charge in [0, 0.05) is 38.3 Å². The van der Waals surface area contributed by atoms with Crippen molar-refractivity contribution in [3.8, 4) is 0 Å². The number of likely N-dealkylation sites (tertiary alicyclic amines) is 1. The third-order valence-corrected chi connectivity index (χ3v) is 5.11. The molecule has 0 radical (unpaired) electrons. The summed E-state index contributed by atoms with van der Waals surface area (Å²) in [7, 11) is 0. The monoisotopic (exact) mass is 402 g/mol. The number of carbonyl (C=O) groups is 1. The minimum atomic E-state index is -0.334. The molecule has 29 heavy (non-hydrogen) atoms. The number of pyridine rings is 1. The molecule has 3 heterocycles. The predicted molar refractivity (Wildman–Crippen MR) is 114 cm³/mol. The number of nitrogen functional groups attached to an aromatic ring is 1. The van der Waals surface area contributed by atoms with Crippen LogP contribution in [0.4, 0.5) is 10.1 Å². The summed E-state index contributed by atoms with van der Waals surface area (Å²) in [6.45, 7) is 8.85. The Morgan fingerprint density at radius 3 is 2.72 bits per heavy atom. The van der Waals surface area contributed by atoms with Crippen LogP contribution in [0.5, 0.6) is 0 Å². The number of halogens is 1. The van der Waals surface area contributed by atoms with Gasteiger partial charge in [0.1, 0.15) is 6.10 Å². The van der Waals surface area contributed by atoms with Crippen LogP contribution in [0.3, 0.4) is 0 Å². The number of ether oxygens (including phenoxy) is 1. The minimum absolute atomic E-state index is 0.00230. The summed E-state index contributed by atoms with van der Waals surface area (Å²) >= 11 is 0. The molecule has 7 heteroatoms. The van der Waals surface area contributed by atoms with Gasteiger partial charge < -0.3 is 20.7 Å². The maximum Gasteiger partial charge on any atom is 0.248 e. The molecule has 3 N–H and O–H groups in total. The molecule has 2 saturated heterocycles. The lowest BCUT2D eigenvalue weighted by atomic mass is 9.89. The molecule has 1 unspecified atom stereocenters. The van der Waals surface area contributed by atoms with Crippen LogP contribution in [0, 0.1) is 0 Å². The number of amides is 1. The zero-order valence-corrected chi connectivity index (χ0v) is 17.0. The normalized spacial score (nSPS) is 21.7. The number of aromatic nitrogens is 1. The highest BCUT2D eigenvalue weighted by molar-refractivity contribution is 5.81. The summed E-state index contributed by atoms with van der Waals surface area (Å²) in [6, 6.07) is 3.88. The van der Waals surface area contributed by atoms with Gasteiger partial charge in [-0.05, 0) is 38.0 Å². The Kier molecular flexibility index (Phi) is 9.02. The summed E-state index contributed by atoms with van der Waals surface area (Å²) in [6.07, 6.45) is 10.8. The van der Waals surface area contributed by atoms with Crippen LogP contribution in [0.1, 0.15) is 25.5 Å². The highest BCUT2D eigenvalue weighted by Crippen LogP contribution is 2.29. The maximum absolute atomic E-state index is 11.5. The fourth-order valence-electron chi connectivity index (χ4n) is 3.38. The second kappa shape index (κ2) is 11.5. The first-order valence-electron chi connectivity index (χ1n) is 9.91. The van der Waals surface area contributed by atoms with Crippen LogP contribution in [0.2, 0.25) is 0 Å².